The smallest absolute Gasteiger partial charge is 0.418 e. The average molecular weight is 249 g/mol. The zero-order valence-electron chi connectivity index (χ0n) is 8.70. The number of carbonyl (C=O) groups is 1. The first-order chi connectivity index (χ1) is 7.89. The van der Waals surface area contributed by atoms with Gasteiger partial charge in [-0.15, -0.1) is 0 Å². The van der Waals surface area contributed by atoms with Crippen LogP contribution in [0.25, 0.3) is 0 Å². The van der Waals surface area contributed by atoms with Gasteiger partial charge in [0.2, 0.25) is 0 Å². The molecule has 1 aromatic rings. The molecular formula is C10H10F3NO3. The minimum absolute atomic E-state index is 0.218. The van der Waals surface area contributed by atoms with Gasteiger partial charge in [-0.1, -0.05) is 0 Å². The van der Waals surface area contributed by atoms with Gasteiger partial charge in [-0.25, -0.2) is 4.79 Å². The van der Waals surface area contributed by atoms with E-state index in [-0.39, 0.29) is 6.04 Å². The van der Waals surface area contributed by atoms with Crippen LogP contribution in [0, 0.1) is 0 Å². The van der Waals surface area contributed by atoms with Gasteiger partial charge in [-0.2, -0.15) is 13.2 Å². The van der Waals surface area contributed by atoms with Crippen LogP contribution in [0.1, 0.15) is 28.4 Å². The molecule has 2 heterocycles. The van der Waals surface area contributed by atoms with Crippen LogP contribution in [0.2, 0.25) is 0 Å². The van der Waals surface area contributed by atoms with E-state index in [1.165, 1.54) is 4.57 Å². The molecular weight excluding hydrogens is 239 g/mol. The van der Waals surface area contributed by atoms with Gasteiger partial charge in [0.15, 0.2) is 0 Å². The monoisotopic (exact) mass is 249 g/mol. The van der Waals surface area contributed by atoms with Crippen molar-refractivity contribution in [1.29, 1.82) is 0 Å². The Morgan fingerprint density at radius 1 is 1.47 bits per heavy atom. The molecule has 1 fully saturated rings. The maximum atomic E-state index is 12.6. The van der Waals surface area contributed by atoms with E-state index in [0.717, 1.165) is 12.4 Å². The Kier molecular flexibility index (Phi) is 2.86. The number of nitrogens with zero attached hydrogens (tertiary/aromatic N) is 1. The fourth-order valence-electron chi connectivity index (χ4n) is 1.84. The van der Waals surface area contributed by atoms with Crippen LogP contribution in [0.3, 0.4) is 0 Å². The van der Waals surface area contributed by atoms with E-state index < -0.39 is 23.3 Å². The molecule has 1 N–H and O–H groups in total. The summed E-state index contributed by atoms with van der Waals surface area (Å²) in [6, 6.07) is -0.218. The van der Waals surface area contributed by atoms with E-state index in [4.69, 9.17) is 9.84 Å². The summed E-state index contributed by atoms with van der Waals surface area (Å²) in [5.74, 6) is -1.57. The van der Waals surface area contributed by atoms with Gasteiger partial charge in [-0.3, -0.25) is 0 Å². The highest BCUT2D eigenvalue weighted by molar-refractivity contribution is 5.89. The van der Waals surface area contributed by atoms with Crippen LogP contribution < -0.4 is 0 Å². The number of hydrogen-bond acceptors (Lipinski definition) is 2. The topological polar surface area (TPSA) is 51.5 Å². The molecule has 17 heavy (non-hydrogen) atoms. The number of aromatic carboxylic acids is 1. The molecule has 1 unspecified atom stereocenters. The molecule has 94 valence electrons. The Balaban J connectivity index is 2.40. The molecule has 0 amide bonds. The van der Waals surface area contributed by atoms with Crippen molar-refractivity contribution in [3.63, 3.8) is 0 Å². The maximum absolute atomic E-state index is 12.6. The number of alkyl halides is 3. The summed E-state index contributed by atoms with van der Waals surface area (Å²) in [5.41, 5.74) is -1.83. The maximum Gasteiger partial charge on any atom is 0.418 e. The highest BCUT2D eigenvalue weighted by Crippen LogP contribution is 2.34. The number of carboxylic acid groups (broad SMARTS) is 1. The third-order valence-corrected chi connectivity index (χ3v) is 2.71. The number of hydrogen-bond donors (Lipinski definition) is 1. The third kappa shape index (κ3) is 2.28. The molecule has 1 aliphatic heterocycles. The van der Waals surface area contributed by atoms with Crippen molar-refractivity contribution in [2.24, 2.45) is 0 Å². The van der Waals surface area contributed by atoms with E-state index in [1.807, 2.05) is 0 Å². The van der Waals surface area contributed by atoms with Gasteiger partial charge >= 0.3 is 12.1 Å². The molecule has 1 atom stereocenters. The lowest BCUT2D eigenvalue weighted by Gasteiger charge is -2.09. The van der Waals surface area contributed by atoms with Crippen LogP contribution in [0.5, 0.6) is 0 Å². The summed E-state index contributed by atoms with van der Waals surface area (Å²) in [5, 5.41) is 8.74. The fraction of sp³-hybridized carbons (Fsp3) is 0.500. The van der Waals surface area contributed by atoms with Crippen molar-refractivity contribution in [3.8, 4) is 0 Å². The predicted molar refractivity (Wildman–Crippen MR) is 50.9 cm³/mol. The fourth-order valence-corrected chi connectivity index (χ4v) is 1.84. The first-order valence-electron chi connectivity index (χ1n) is 4.99. The van der Waals surface area contributed by atoms with Crippen LogP contribution in [-0.2, 0) is 10.9 Å². The third-order valence-electron chi connectivity index (χ3n) is 2.71. The number of rotatable bonds is 2. The Morgan fingerprint density at radius 3 is 2.59 bits per heavy atom. The molecule has 0 aliphatic carbocycles. The molecule has 7 heteroatoms. The summed E-state index contributed by atoms with van der Waals surface area (Å²) < 4.78 is 44.1. The van der Waals surface area contributed by atoms with Gasteiger partial charge in [-0.05, 0) is 6.42 Å². The molecule has 1 aromatic heterocycles. The number of carboxylic acids is 1. The molecule has 2 rings (SSSR count). The van der Waals surface area contributed by atoms with E-state index >= 15 is 0 Å². The molecule has 1 saturated heterocycles. The van der Waals surface area contributed by atoms with E-state index in [1.54, 1.807) is 0 Å². The minimum Gasteiger partial charge on any atom is -0.478 e. The van der Waals surface area contributed by atoms with Gasteiger partial charge in [0.05, 0.1) is 23.8 Å². The molecule has 0 spiro atoms. The van der Waals surface area contributed by atoms with Crippen molar-refractivity contribution in [2.75, 3.05) is 13.2 Å². The van der Waals surface area contributed by atoms with Gasteiger partial charge in [0, 0.05) is 19.0 Å². The van der Waals surface area contributed by atoms with E-state index in [9.17, 15) is 18.0 Å². The lowest BCUT2D eigenvalue weighted by atomic mass is 10.2. The van der Waals surface area contributed by atoms with Crippen LogP contribution in [-0.4, -0.2) is 28.9 Å². The highest BCUT2D eigenvalue weighted by Gasteiger charge is 2.37. The van der Waals surface area contributed by atoms with Crippen molar-refractivity contribution in [2.45, 2.75) is 18.6 Å². The number of aromatic nitrogens is 1. The van der Waals surface area contributed by atoms with Crippen LogP contribution in [0.15, 0.2) is 12.4 Å². The van der Waals surface area contributed by atoms with Crippen molar-refractivity contribution in [3.05, 3.63) is 23.5 Å². The summed E-state index contributed by atoms with van der Waals surface area (Å²) in [6.07, 6.45) is -2.21. The number of halogens is 3. The second kappa shape index (κ2) is 4.06. The van der Waals surface area contributed by atoms with E-state index in [0.29, 0.717) is 19.6 Å². The molecule has 0 saturated carbocycles. The summed E-state index contributed by atoms with van der Waals surface area (Å²) >= 11 is 0. The lowest BCUT2D eigenvalue weighted by molar-refractivity contribution is -0.138. The van der Waals surface area contributed by atoms with Crippen molar-refractivity contribution >= 4 is 5.97 Å². The first kappa shape index (κ1) is 12.0. The molecule has 0 aromatic carbocycles. The van der Waals surface area contributed by atoms with Gasteiger partial charge < -0.3 is 14.4 Å². The van der Waals surface area contributed by atoms with Crippen LogP contribution >= 0.6 is 0 Å². The Morgan fingerprint density at radius 2 is 2.18 bits per heavy atom. The molecule has 4 nitrogen and oxygen atoms in total. The largest absolute Gasteiger partial charge is 0.478 e. The molecule has 1 aliphatic rings. The standard InChI is InChI=1S/C10H10F3NO3/c11-10(12,13)8-4-14(3-7(8)9(15)16)6-1-2-17-5-6/h3-4,6H,1-2,5H2,(H,15,16). The quantitative estimate of drug-likeness (QED) is 0.873. The Bertz CT molecular complexity index is 432. The van der Waals surface area contributed by atoms with Crippen molar-refractivity contribution in [1.82, 2.24) is 4.57 Å². The zero-order chi connectivity index (χ0) is 12.6. The van der Waals surface area contributed by atoms with Gasteiger partial charge in [0.25, 0.3) is 0 Å². The number of ether oxygens (including phenoxy) is 1. The average Bonchev–Trinajstić information content (AvgIpc) is 2.85. The minimum atomic E-state index is -4.65. The normalized spacial score (nSPS) is 20.8. The second-order valence-corrected chi connectivity index (χ2v) is 3.85. The van der Waals surface area contributed by atoms with E-state index in [2.05, 4.69) is 0 Å². The first-order valence-corrected chi connectivity index (χ1v) is 4.99. The second-order valence-electron chi connectivity index (χ2n) is 3.85. The predicted octanol–water partition coefficient (Wildman–Crippen LogP) is 2.17. The highest BCUT2D eigenvalue weighted by atomic mass is 19.4. The Labute approximate surface area is 94.6 Å². The van der Waals surface area contributed by atoms with Gasteiger partial charge in [0.1, 0.15) is 0 Å². The van der Waals surface area contributed by atoms with Crippen molar-refractivity contribution < 1.29 is 27.8 Å². The SMILES string of the molecule is O=C(O)c1cn(C2CCOC2)cc1C(F)(F)F. The Hall–Kier alpha value is -1.50. The molecule has 0 radical (unpaired) electrons. The lowest BCUT2D eigenvalue weighted by Crippen LogP contribution is -2.10. The zero-order valence-corrected chi connectivity index (χ0v) is 8.70. The molecule has 0 bridgehead atoms. The summed E-state index contributed by atoms with van der Waals surface area (Å²) in [4.78, 5) is 10.8. The van der Waals surface area contributed by atoms with Crippen LogP contribution in [0.4, 0.5) is 13.2 Å². The summed E-state index contributed by atoms with van der Waals surface area (Å²) in [7, 11) is 0. The summed E-state index contributed by atoms with van der Waals surface area (Å²) in [6.45, 7) is 0.789.